The Kier molecular flexibility index (Phi) is 43.2. The van der Waals surface area contributed by atoms with Gasteiger partial charge in [-0.25, -0.2) is 4.57 Å². The topological polar surface area (TPSA) is 131 Å². The van der Waals surface area contributed by atoms with Crippen LogP contribution in [0.15, 0.2) is 122 Å². The molecule has 10 heteroatoms. The Morgan fingerprint density at radius 2 is 0.934 bits per heavy atom. The fourth-order valence-electron chi connectivity index (χ4n) is 5.42. The van der Waals surface area contributed by atoms with Crippen molar-refractivity contribution in [3.63, 3.8) is 0 Å². The van der Waals surface area contributed by atoms with Crippen LogP contribution in [0.5, 0.6) is 0 Å². The minimum absolute atomic E-state index is 0.0508. The smallest absolute Gasteiger partial charge is 0.463 e. The Morgan fingerprint density at radius 3 is 1.39 bits per heavy atom. The van der Waals surface area contributed by atoms with E-state index in [1.807, 2.05) is 0 Å². The van der Waals surface area contributed by atoms with Gasteiger partial charge < -0.3 is 20.1 Å². The molecular weight excluding hydrogens is 786 g/mol. The van der Waals surface area contributed by atoms with Gasteiger partial charge in [-0.05, 0) is 109 Å². The number of carbonyl (C=O) groups excluding carboxylic acids is 2. The highest BCUT2D eigenvalue weighted by Crippen LogP contribution is 2.42. The summed E-state index contributed by atoms with van der Waals surface area (Å²) in [4.78, 5) is 34.0. The van der Waals surface area contributed by atoms with E-state index in [0.29, 0.717) is 12.8 Å². The first-order chi connectivity index (χ1) is 29.8. The summed E-state index contributed by atoms with van der Waals surface area (Å²) in [7, 11) is -4.45. The zero-order valence-electron chi connectivity index (χ0n) is 37.8. The molecule has 61 heavy (non-hydrogen) atoms. The van der Waals surface area contributed by atoms with Gasteiger partial charge in [-0.15, -0.1) is 0 Å². The number of ether oxygens (including phenoxy) is 1. The molecule has 9 nitrogen and oxygen atoms in total. The van der Waals surface area contributed by atoms with Crippen molar-refractivity contribution in [2.24, 2.45) is 0 Å². The van der Waals surface area contributed by atoms with E-state index in [9.17, 15) is 24.2 Å². The van der Waals surface area contributed by atoms with Crippen LogP contribution in [0.3, 0.4) is 0 Å². The van der Waals surface area contributed by atoms with Crippen molar-refractivity contribution in [2.75, 3.05) is 26.4 Å². The molecule has 2 unspecified atom stereocenters. The van der Waals surface area contributed by atoms with Gasteiger partial charge in [-0.3, -0.25) is 18.6 Å². The van der Waals surface area contributed by atoms with Gasteiger partial charge in [0, 0.05) is 19.4 Å². The van der Waals surface area contributed by atoms with E-state index in [1.54, 1.807) is 0 Å². The molecule has 2 atom stereocenters. The molecule has 0 aromatic rings. The van der Waals surface area contributed by atoms with Crippen molar-refractivity contribution in [1.82, 2.24) is 5.32 Å². The van der Waals surface area contributed by atoms with Gasteiger partial charge >= 0.3 is 13.8 Å². The normalized spacial score (nSPS) is 14.4. The predicted octanol–water partition coefficient (Wildman–Crippen LogP) is 13.3. The number of phosphoric ester groups is 1. The van der Waals surface area contributed by atoms with Crippen LogP contribution in [0.25, 0.3) is 0 Å². The van der Waals surface area contributed by atoms with Gasteiger partial charge in [0.25, 0.3) is 0 Å². The maximum absolute atomic E-state index is 12.1. The fraction of sp³-hybridized carbons (Fsp3) is 0.569. The Balaban J connectivity index is 3.76. The van der Waals surface area contributed by atoms with Crippen LogP contribution in [-0.4, -0.2) is 54.3 Å². The number of hydrogen-bond donors (Lipinski definition) is 3. The Hall–Kier alpha value is -3.59. The summed E-state index contributed by atoms with van der Waals surface area (Å²) in [5, 5.41) is 12.7. The first-order valence-electron chi connectivity index (χ1n) is 23.0. The van der Waals surface area contributed by atoms with Crippen molar-refractivity contribution in [2.45, 2.75) is 161 Å². The quantitative estimate of drug-likeness (QED) is 0.0240. The minimum atomic E-state index is -4.45. The fourth-order valence-corrected chi connectivity index (χ4v) is 6.18. The molecule has 0 spiro atoms. The highest BCUT2D eigenvalue weighted by Gasteiger charge is 2.23. The lowest BCUT2D eigenvalue weighted by molar-refractivity contribution is -0.147. The van der Waals surface area contributed by atoms with E-state index in [0.717, 1.165) is 96.3 Å². The van der Waals surface area contributed by atoms with Gasteiger partial charge in [0.05, 0.1) is 13.2 Å². The van der Waals surface area contributed by atoms with Crippen LogP contribution < -0.4 is 5.32 Å². The number of aliphatic hydroxyl groups excluding tert-OH is 1. The van der Waals surface area contributed by atoms with Crippen LogP contribution in [0.4, 0.5) is 0 Å². The molecule has 0 radical (unpaired) electrons. The molecule has 0 fully saturated rings. The number of unbranched alkanes of at least 4 members (excludes halogenated alkanes) is 8. The monoisotopic (exact) mass is 868 g/mol. The van der Waals surface area contributed by atoms with E-state index in [-0.39, 0.29) is 32.1 Å². The zero-order valence-corrected chi connectivity index (χ0v) is 38.7. The van der Waals surface area contributed by atoms with E-state index >= 15 is 0 Å². The summed E-state index contributed by atoms with van der Waals surface area (Å²) in [6.45, 7) is 3.29. The number of aliphatic hydroxyl groups is 1. The highest BCUT2D eigenvalue weighted by atomic mass is 31.2. The van der Waals surface area contributed by atoms with Crippen LogP contribution in [0.2, 0.25) is 0 Å². The van der Waals surface area contributed by atoms with E-state index in [2.05, 4.69) is 141 Å². The number of rotatable bonds is 41. The maximum Gasteiger partial charge on any atom is 0.472 e. The number of carbonyl (C=O) groups is 2. The highest BCUT2D eigenvalue weighted by molar-refractivity contribution is 7.47. The van der Waals surface area contributed by atoms with Crippen molar-refractivity contribution in [3.05, 3.63) is 122 Å². The van der Waals surface area contributed by atoms with E-state index < -0.39 is 26.5 Å². The zero-order chi connectivity index (χ0) is 44.6. The second-order valence-corrected chi connectivity index (χ2v) is 16.1. The standard InChI is InChI=1S/C51H82NO8P/c1-3-5-7-9-11-13-15-17-19-21-23-24-26-28-30-32-34-36-38-40-42-44-51(55)58-47-49(53)48-60-61(56,57)59-46-45-52-50(54)43-41-39-37-35-33-31-29-27-25-22-20-18-16-14-12-10-8-6-4-2/h5,7,11-14,17-20,23-25,27-28,30-31,33-34,36,49,53H,3-4,6,8-10,15-16,21-22,26,29,32,35,37-48H2,1-2H3,(H,52,54)(H,56,57)/b7-5-,13-11-,14-12-,19-17-,20-18-,24-23-,27-25-,30-28-,33-31-,36-34-. The Bertz CT molecular complexity index is 1400. The molecule has 0 rings (SSSR count). The Labute approximate surface area is 370 Å². The molecule has 0 heterocycles. The maximum atomic E-state index is 12.1. The van der Waals surface area contributed by atoms with Gasteiger partial charge in [0.1, 0.15) is 12.7 Å². The summed E-state index contributed by atoms with van der Waals surface area (Å²) in [6, 6.07) is 0. The largest absolute Gasteiger partial charge is 0.472 e. The molecule has 0 aromatic carbocycles. The molecule has 0 saturated carbocycles. The van der Waals surface area contributed by atoms with Crippen molar-refractivity contribution in [1.29, 1.82) is 0 Å². The third-order valence-corrected chi connectivity index (χ3v) is 9.86. The average molecular weight is 868 g/mol. The van der Waals surface area contributed by atoms with E-state index in [1.165, 1.54) is 25.7 Å². The lowest BCUT2D eigenvalue weighted by atomic mass is 10.1. The first-order valence-corrected chi connectivity index (χ1v) is 24.5. The van der Waals surface area contributed by atoms with Crippen LogP contribution in [0, 0.1) is 0 Å². The summed E-state index contributed by atoms with van der Waals surface area (Å²) in [6.07, 6.45) is 62.7. The molecule has 1 amide bonds. The molecule has 0 aromatic heterocycles. The second-order valence-electron chi connectivity index (χ2n) is 14.6. The lowest BCUT2D eigenvalue weighted by Crippen LogP contribution is -2.27. The Morgan fingerprint density at radius 1 is 0.525 bits per heavy atom. The summed E-state index contributed by atoms with van der Waals surface area (Å²) in [5.41, 5.74) is 0. The van der Waals surface area contributed by atoms with E-state index in [4.69, 9.17) is 13.8 Å². The van der Waals surface area contributed by atoms with Gasteiger partial charge in [-0.2, -0.15) is 0 Å². The van der Waals surface area contributed by atoms with Gasteiger partial charge in [-0.1, -0.05) is 155 Å². The lowest BCUT2D eigenvalue weighted by Gasteiger charge is -2.15. The average Bonchev–Trinajstić information content (AvgIpc) is 3.25. The first kappa shape index (κ1) is 57.4. The van der Waals surface area contributed by atoms with Crippen LogP contribution in [-0.2, 0) is 27.9 Å². The molecule has 0 aliphatic rings. The number of amides is 1. The number of allylic oxidation sites excluding steroid dienone is 20. The number of phosphoric acid groups is 1. The molecule has 0 aliphatic heterocycles. The third kappa shape index (κ3) is 47.3. The van der Waals surface area contributed by atoms with Gasteiger partial charge in [0.15, 0.2) is 0 Å². The number of nitrogens with one attached hydrogen (secondary N) is 1. The minimum Gasteiger partial charge on any atom is -0.463 e. The summed E-state index contributed by atoms with van der Waals surface area (Å²) >= 11 is 0. The summed E-state index contributed by atoms with van der Waals surface area (Å²) < 4.78 is 26.9. The SMILES string of the molecule is CC/C=C\C/C=C\C/C=C\C/C=C\C/C=C\C/C=C\CCCCC(=O)OCC(O)COP(=O)(O)OCCNC(=O)CCCCC/C=C\C/C=C\C/C=C\C/C=C\CCCCC. The summed E-state index contributed by atoms with van der Waals surface area (Å²) in [5.74, 6) is -0.603. The molecule has 344 valence electrons. The van der Waals surface area contributed by atoms with Crippen molar-refractivity contribution in [3.8, 4) is 0 Å². The molecule has 0 saturated heterocycles. The number of hydrogen-bond acceptors (Lipinski definition) is 7. The molecule has 3 N–H and O–H groups in total. The predicted molar refractivity (Wildman–Crippen MR) is 256 cm³/mol. The van der Waals surface area contributed by atoms with Crippen molar-refractivity contribution >= 4 is 19.7 Å². The molecule has 0 aliphatic carbocycles. The van der Waals surface area contributed by atoms with Gasteiger partial charge in [0.2, 0.25) is 5.91 Å². The third-order valence-electron chi connectivity index (χ3n) is 8.88. The second kappa shape index (κ2) is 45.9. The molecule has 0 bridgehead atoms. The van der Waals surface area contributed by atoms with Crippen LogP contribution >= 0.6 is 7.82 Å². The number of esters is 1. The van der Waals surface area contributed by atoms with Crippen molar-refractivity contribution < 1.29 is 37.9 Å². The molecular formula is C51H82NO8P. The van der Waals surface area contributed by atoms with Crippen LogP contribution in [0.1, 0.15) is 155 Å².